The minimum absolute atomic E-state index is 0.0592. The highest BCUT2D eigenvalue weighted by atomic mass is 35.5. The number of nitrogens with one attached hydrogen (secondary N) is 1. The van der Waals surface area contributed by atoms with Crippen LogP contribution in [0.25, 0.3) is 0 Å². The van der Waals surface area contributed by atoms with Crippen molar-refractivity contribution in [3.8, 4) is 0 Å². The minimum Gasteiger partial charge on any atom is -0.368 e. The molecule has 2 aromatic rings. The van der Waals surface area contributed by atoms with E-state index in [0.717, 1.165) is 76.3 Å². The second-order valence-electron chi connectivity index (χ2n) is 8.24. The summed E-state index contributed by atoms with van der Waals surface area (Å²) in [5.41, 5.74) is 3.13. The molecule has 5 nitrogen and oxygen atoms in total. The molecule has 2 aliphatic rings. The molecule has 0 aliphatic carbocycles. The number of aromatic nitrogens is 1. The van der Waals surface area contributed by atoms with E-state index >= 15 is 0 Å². The molecule has 0 spiro atoms. The molecule has 4 rings (SSSR count). The maximum absolute atomic E-state index is 12.4. The van der Waals surface area contributed by atoms with E-state index < -0.39 is 0 Å². The molecular formula is C23H30Cl2N4O. The summed E-state index contributed by atoms with van der Waals surface area (Å²) in [6.07, 6.45) is 7.62. The van der Waals surface area contributed by atoms with Crippen molar-refractivity contribution >= 4 is 34.8 Å². The topological polar surface area (TPSA) is 40.5 Å². The number of halogens is 2. The first-order valence-electron chi connectivity index (χ1n) is 11.0. The first-order valence-corrected chi connectivity index (χ1v) is 11.8. The highest BCUT2D eigenvalue weighted by molar-refractivity contribution is 6.43. The number of aryl methyl sites for hydroxylation is 2. The van der Waals surface area contributed by atoms with Gasteiger partial charge in [0.15, 0.2) is 0 Å². The van der Waals surface area contributed by atoms with Crippen molar-refractivity contribution in [3.63, 3.8) is 0 Å². The standard InChI is InChI=1S/C23H30Cl2N4O/c24-20-7-5-8-21(22(20)25)28-14-12-27(13-15-28)10-4-2-9-26-23(30)18-16-19-6-1-3-11-29(19)17-18/h5,7-8,16-17H,1-4,6,9-15H2,(H,26,30). The minimum atomic E-state index is 0.0592. The first kappa shape index (κ1) is 21.5. The second-order valence-corrected chi connectivity index (χ2v) is 9.02. The van der Waals surface area contributed by atoms with Gasteiger partial charge < -0.3 is 14.8 Å². The van der Waals surface area contributed by atoms with Gasteiger partial charge in [0.2, 0.25) is 0 Å². The Balaban J connectivity index is 1.13. The molecule has 2 aliphatic heterocycles. The Labute approximate surface area is 188 Å². The average molecular weight is 449 g/mol. The fraction of sp³-hybridized carbons (Fsp3) is 0.522. The molecule has 1 fully saturated rings. The van der Waals surface area contributed by atoms with Crippen molar-refractivity contribution in [2.45, 2.75) is 38.6 Å². The zero-order chi connectivity index (χ0) is 20.9. The molecule has 0 unspecified atom stereocenters. The molecule has 1 N–H and O–H groups in total. The number of carbonyl (C=O) groups is 1. The molecule has 0 radical (unpaired) electrons. The summed E-state index contributed by atoms with van der Waals surface area (Å²) in [6.45, 7) is 6.79. The molecule has 7 heteroatoms. The van der Waals surface area contributed by atoms with E-state index in [2.05, 4.69) is 25.8 Å². The van der Waals surface area contributed by atoms with Crippen LogP contribution < -0.4 is 10.2 Å². The summed E-state index contributed by atoms with van der Waals surface area (Å²) in [7, 11) is 0. The van der Waals surface area contributed by atoms with E-state index in [9.17, 15) is 4.79 Å². The molecule has 30 heavy (non-hydrogen) atoms. The summed E-state index contributed by atoms with van der Waals surface area (Å²) in [5, 5.41) is 4.34. The van der Waals surface area contributed by atoms with Gasteiger partial charge in [-0.3, -0.25) is 9.69 Å². The third-order valence-electron chi connectivity index (χ3n) is 6.16. The van der Waals surface area contributed by atoms with Crippen LogP contribution in [0.3, 0.4) is 0 Å². The van der Waals surface area contributed by atoms with Crippen molar-refractivity contribution in [2.75, 3.05) is 44.2 Å². The van der Waals surface area contributed by atoms with E-state index in [4.69, 9.17) is 23.2 Å². The molecule has 0 atom stereocenters. The Bertz CT molecular complexity index is 851. The Kier molecular flexibility index (Phi) is 7.24. The lowest BCUT2D eigenvalue weighted by Crippen LogP contribution is -2.46. The number of nitrogens with zero attached hydrogens (tertiary/aromatic N) is 3. The first-order chi connectivity index (χ1) is 14.6. The fourth-order valence-corrected chi connectivity index (χ4v) is 4.82. The maximum Gasteiger partial charge on any atom is 0.252 e. The molecule has 1 saturated heterocycles. The van der Waals surface area contributed by atoms with Crippen molar-refractivity contribution in [2.24, 2.45) is 0 Å². The number of hydrogen-bond acceptors (Lipinski definition) is 3. The van der Waals surface area contributed by atoms with Crippen LogP contribution in [-0.4, -0.2) is 54.6 Å². The summed E-state index contributed by atoms with van der Waals surface area (Å²) in [6, 6.07) is 7.87. The number of unbranched alkanes of at least 4 members (excludes halogenated alkanes) is 1. The summed E-state index contributed by atoms with van der Waals surface area (Å²) < 4.78 is 2.23. The number of anilines is 1. The molecule has 162 valence electrons. The van der Waals surface area contributed by atoms with Crippen LogP contribution in [0, 0.1) is 0 Å². The summed E-state index contributed by atoms with van der Waals surface area (Å²) in [4.78, 5) is 17.2. The molecule has 3 heterocycles. The van der Waals surface area contributed by atoms with Gasteiger partial charge in [0.25, 0.3) is 5.91 Å². The van der Waals surface area contributed by atoms with E-state index in [-0.39, 0.29) is 5.91 Å². The lowest BCUT2D eigenvalue weighted by atomic mass is 10.1. The monoisotopic (exact) mass is 448 g/mol. The highest BCUT2D eigenvalue weighted by Gasteiger charge is 2.19. The van der Waals surface area contributed by atoms with Gasteiger partial charge in [-0.25, -0.2) is 0 Å². The number of carbonyl (C=O) groups excluding carboxylic acids is 1. The normalized spacial score (nSPS) is 17.1. The second kappa shape index (κ2) is 10.1. The van der Waals surface area contributed by atoms with Crippen molar-refractivity contribution in [1.82, 2.24) is 14.8 Å². The lowest BCUT2D eigenvalue weighted by Gasteiger charge is -2.36. The Hall–Kier alpha value is -1.69. The van der Waals surface area contributed by atoms with Crippen LogP contribution in [0.2, 0.25) is 10.0 Å². The van der Waals surface area contributed by atoms with Gasteiger partial charge in [-0.15, -0.1) is 0 Å². The van der Waals surface area contributed by atoms with Gasteiger partial charge in [0.1, 0.15) is 0 Å². The third-order valence-corrected chi connectivity index (χ3v) is 6.97. The SMILES string of the molecule is O=C(NCCCCN1CCN(c2cccc(Cl)c2Cl)CC1)c1cc2n(c1)CCCC2. The third kappa shape index (κ3) is 5.13. The van der Waals surface area contributed by atoms with Crippen molar-refractivity contribution in [3.05, 3.63) is 51.8 Å². The number of fused-ring (bicyclic) bond motifs is 1. The number of piperazine rings is 1. The number of benzene rings is 1. The number of amides is 1. The lowest BCUT2D eigenvalue weighted by molar-refractivity contribution is 0.0952. The highest BCUT2D eigenvalue weighted by Crippen LogP contribution is 2.32. The van der Waals surface area contributed by atoms with Crippen LogP contribution in [0.1, 0.15) is 41.7 Å². The number of rotatable bonds is 7. The summed E-state index contributed by atoms with van der Waals surface area (Å²) in [5.74, 6) is 0.0592. The zero-order valence-electron chi connectivity index (χ0n) is 17.4. The van der Waals surface area contributed by atoms with E-state index in [1.807, 2.05) is 24.4 Å². The van der Waals surface area contributed by atoms with E-state index in [1.54, 1.807) is 0 Å². The number of hydrogen-bond donors (Lipinski definition) is 1. The molecule has 1 aromatic heterocycles. The Morgan fingerprint density at radius 3 is 2.67 bits per heavy atom. The Morgan fingerprint density at radius 2 is 1.87 bits per heavy atom. The molecule has 1 amide bonds. The largest absolute Gasteiger partial charge is 0.368 e. The van der Waals surface area contributed by atoms with Gasteiger partial charge in [0, 0.05) is 51.2 Å². The van der Waals surface area contributed by atoms with E-state index in [0.29, 0.717) is 10.0 Å². The molecule has 1 aromatic carbocycles. The fourth-order valence-electron chi connectivity index (χ4n) is 4.40. The Morgan fingerprint density at radius 1 is 1.03 bits per heavy atom. The van der Waals surface area contributed by atoms with Gasteiger partial charge in [-0.2, -0.15) is 0 Å². The zero-order valence-corrected chi connectivity index (χ0v) is 18.9. The van der Waals surface area contributed by atoms with Crippen molar-refractivity contribution < 1.29 is 4.79 Å². The maximum atomic E-state index is 12.4. The predicted octanol–water partition coefficient (Wildman–Crippen LogP) is 4.46. The quantitative estimate of drug-likeness (QED) is 0.635. The predicted molar refractivity (Wildman–Crippen MR) is 124 cm³/mol. The molecule has 0 bridgehead atoms. The van der Waals surface area contributed by atoms with Gasteiger partial charge >= 0.3 is 0 Å². The van der Waals surface area contributed by atoms with Crippen LogP contribution >= 0.6 is 23.2 Å². The van der Waals surface area contributed by atoms with Crippen LogP contribution in [0.15, 0.2) is 30.5 Å². The van der Waals surface area contributed by atoms with Gasteiger partial charge in [-0.1, -0.05) is 29.3 Å². The van der Waals surface area contributed by atoms with Crippen LogP contribution in [-0.2, 0) is 13.0 Å². The average Bonchev–Trinajstić information content (AvgIpc) is 3.20. The van der Waals surface area contributed by atoms with Gasteiger partial charge in [0.05, 0.1) is 21.3 Å². The molecule has 0 saturated carbocycles. The van der Waals surface area contributed by atoms with Crippen molar-refractivity contribution in [1.29, 1.82) is 0 Å². The summed E-state index contributed by atoms with van der Waals surface area (Å²) >= 11 is 12.5. The smallest absolute Gasteiger partial charge is 0.252 e. The van der Waals surface area contributed by atoms with Gasteiger partial charge in [-0.05, 0) is 56.8 Å². The van der Waals surface area contributed by atoms with Crippen LogP contribution in [0.4, 0.5) is 5.69 Å². The van der Waals surface area contributed by atoms with Crippen LogP contribution in [0.5, 0.6) is 0 Å². The molecular weight excluding hydrogens is 419 g/mol. The van der Waals surface area contributed by atoms with E-state index in [1.165, 1.54) is 18.5 Å².